The minimum absolute atomic E-state index is 0.00614. The summed E-state index contributed by atoms with van der Waals surface area (Å²) in [7, 11) is -4.38. The number of benzene rings is 1. The lowest BCUT2D eigenvalue weighted by molar-refractivity contribution is -0.136. The molecule has 2 heterocycles. The molecule has 154 valence electrons. The lowest BCUT2D eigenvalue weighted by Crippen LogP contribution is -2.51. The highest BCUT2D eigenvalue weighted by Gasteiger charge is 2.46. The van der Waals surface area contributed by atoms with Crippen LogP contribution in [0.1, 0.15) is 24.8 Å². The van der Waals surface area contributed by atoms with Gasteiger partial charge in [0.1, 0.15) is 17.9 Å². The van der Waals surface area contributed by atoms with Crippen LogP contribution >= 0.6 is 0 Å². The van der Waals surface area contributed by atoms with Crippen LogP contribution in [0.5, 0.6) is 0 Å². The molecule has 2 atom stereocenters. The average molecular weight is 411 g/mol. The van der Waals surface area contributed by atoms with Crippen LogP contribution in [0.4, 0.5) is 4.79 Å². The molecule has 1 aromatic carbocycles. The van der Waals surface area contributed by atoms with E-state index < -0.39 is 27.5 Å². The van der Waals surface area contributed by atoms with E-state index in [4.69, 9.17) is 10.5 Å². The largest absolute Gasteiger partial charge is 0.445 e. The van der Waals surface area contributed by atoms with E-state index in [1.807, 2.05) is 6.07 Å². The molecule has 2 fully saturated rings. The molecule has 0 radical (unpaired) electrons. The summed E-state index contributed by atoms with van der Waals surface area (Å²) in [5.74, 6) is -0.338. The van der Waals surface area contributed by atoms with Crippen LogP contribution in [-0.4, -0.2) is 71.7 Å². The smallest absolute Gasteiger partial charge is 0.410 e. The van der Waals surface area contributed by atoms with Gasteiger partial charge in [0.05, 0.1) is 0 Å². The molecule has 0 unspecified atom stereocenters. The Balaban J connectivity index is 1.71. The maximum absolute atomic E-state index is 12.9. The molecular formula is C18H25N3O6S. The van der Waals surface area contributed by atoms with Crippen molar-refractivity contribution in [1.82, 2.24) is 9.80 Å². The number of hydrogen-bond donors (Lipinski definition) is 2. The number of carbonyl (C=O) groups excluding carboxylic acids is 2. The first kappa shape index (κ1) is 20.6. The van der Waals surface area contributed by atoms with Crippen molar-refractivity contribution in [1.29, 1.82) is 0 Å². The molecule has 2 aliphatic rings. The van der Waals surface area contributed by atoms with Crippen molar-refractivity contribution in [3.63, 3.8) is 0 Å². The maximum Gasteiger partial charge on any atom is 0.410 e. The number of piperidine rings is 1. The Kier molecular flexibility index (Phi) is 6.21. The number of rotatable bonds is 4. The fourth-order valence-corrected chi connectivity index (χ4v) is 4.36. The Bertz CT molecular complexity index is 808. The van der Waals surface area contributed by atoms with E-state index in [1.165, 1.54) is 0 Å². The Labute approximate surface area is 164 Å². The van der Waals surface area contributed by atoms with Crippen molar-refractivity contribution in [2.75, 3.05) is 19.6 Å². The van der Waals surface area contributed by atoms with Gasteiger partial charge in [-0.3, -0.25) is 14.2 Å². The highest BCUT2D eigenvalue weighted by atomic mass is 32.2. The van der Waals surface area contributed by atoms with Crippen LogP contribution in [0.15, 0.2) is 30.3 Å². The Morgan fingerprint density at radius 2 is 1.82 bits per heavy atom. The van der Waals surface area contributed by atoms with Gasteiger partial charge in [0, 0.05) is 25.7 Å². The molecule has 0 bridgehead atoms. The molecule has 10 heteroatoms. The number of carbonyl (C=O) groups is 2. The molecule has 0 spiro atoms. The molecule has 3 N–H and O–H groups in total. The van der Waals surface area contributed by atoms with Crippen molar-refractivity contribution in [2.45, 2.75) is 43.2 Å². The summed E-state index contributed by atoms with van der Waals surface area (Å²) in [6.07, 6.45) is 0.375. The van der Waals surface area contributed by atoms with Gasteiger partial charge in [-0.15, -0.1) is 0 Å². The van der Waals surface area contributed by atoms with E-state index in [0.717, 1.165) is 10.5 Å². The van der Waals surface area contributed by atoms with Gasteiger partial charge in [-0.25, -0.2) is 4.79 Å². The molecule has 0 saturated carbocycles. The lowest BCUT2D eigenvalue weighted by atomic mass is 10.0. The van der Waals surface area contributed by atoms with E-state index in [2.05, 4.69) is 0 Å². The van der Waals surface area contributed by atoms with Gasteiger partial charge in [-0.1, -0.05) is 30.3 Å². The first-order chi connectivity index (χ1) is 13.3. The summed E-state index contributed by atoms with van der Waals surface area (Å²) in [5.41, 5.74) is 6.64. The second-order valence-corrected chi connectivity index (χ2v) is 8.94. The van der Waals surface area contributed by atoms with Crippen molar-refractivity contribution < 1.29 is 27.3 Å². The van der Waals surface area contributed by atoms with E-state index >= 15 is 0 Å². The van der Waals surface area contributed by atoms with Crippen LogP contribution in [0, 0.1) is 0 Å². The van der Waals surface area contributed by atoms with Gasteiger partial charge >= 0.3 is 6.09 Å². The van der Waals surface area contributed by atoms with Gasteiger partial charge in [-0.2, -0.15) is 8.42 Å². The Morgan fingerprint density at radius 3 is 2.43 bits per heavy atom. The molecule has 0 aliphatic carbocycles. The summed E-state index contributed by atoms with van der Waals surface area (Å²) in [5, 5.41) is -1.21. The van der Waals surface area contributed by atoms with Crippen LogP contribution in [0.2, 0.25) is 0 Å². The molecule has 2 saturated heterocycles. The first-order valence-electron chi connectivity index (χ1n) is 9.23. The third-order valence-electron chi connectivity index (χ3n) is 5.26. The van der Waals surface area contributed by atoms with Crippen molar-refractivity contribution in [2.24, 2.45) is 5.73 Å². The Hall–Kier alpha value is -2.17. The fraction of sp³-hybridized carbons (Fsp3) is 0.556. The lowest BCUT2D eigenvalue weighted by Gasteiger charge is -2.34. The van der Waals surface area contributed by atoms with Crippen LogP contribution in [0.3, 0.4) is 0 Å². The van der Waals surface area contributed by atoms with E-state index in [0.29, 0.717) is 25.9 Å². The zero-order chi connectivity index (χ0) is 20.3. The van der Waals surface area contributed by atoms with Crippen molar-refractivity contribution >= 4 is 22.1 Å². The zero-order valence-electron chi connectivity index (χ0n) is 15.4. The van der Waals surface area contributed by atoms with E-state index in [1.54, 1.807) is 29.2 Å². The van der Waals surface area contributed by atoms with Gasteiger partial charge in [-0.05, 0) is 24.8 Å². The van der Waals surface area contributed by atoms with Crippen LogP contribution in [-0.2, 0) is 26.3 Å². The second-order valence-electron chi connectivity index (χ2n) is 7.24. The third-order valence-corrected chi connectivity index (χ3v) is 6.44. The fourth-order valence-electron chi connectivity index (χ4n) is 3.58. The number of nitrogens with zero attached hydrogens (tertiary/aromatic N) is 2. The van der Waals surface area contributed by atoms with Gasteiger partial charge in [0.25, 0.3) is 10.1 Å². The topological polar surface area (TPSA) is 130 Å². The molecule has 2 aliphatic heterocycles. The summed E-state index contributed by atoms with van der Waals surface area (Å²) < 4.78 is 37.9. The van der Waals surface area contributed by atoms with Gasteiger partial charge in [0.15, 0.2) is 0 Å². The Morgan fingerprint density at radius 1 is 1.18 bits per heavy atom. The molecule has 3 rings (SSSR count). The molecule has 2 amide bonds. The number of likely N-dealkylation sites (tertiary alicyclic amines) is 2. The molecule has 1 aromatic rings. The zero-order valence-corrected chi connectivity index (χ0v) is 16.3. The minimum atomic E-state index is -4.38. The van der Waals surface area contributed by atoms with Crippen LogP contribution < -0.4 is 5.73 Å². The van der Waals surface area contributed by atoms with Crippen molar-refractivity contribution in [3.8, 4) is 0 Å². The number of amides is 2. The third kappa shape index (κ3) is 4.81. The molecule has 28 heavy (non-hydrogen) atoms. The SMILES string of the molecule is NC1CCN(C(=O)[C@@H]2C[C@H](S(=O)(=O)O)CN2C(=O)OCc2ccccc2)CC1. The monoisotopic (exact) mass is 411 g/mol. The number of hydrogen-bond acceptors (Lipinski definition) is 6. The van der Waals surface area contributed by atoms with E-state index in [9.17, 15) is 22.6 Å². The standard InChI is InChI=1S/C18H25N3O6S/c19-14-6-8-20(9-7-14)17(22)16-10-15(28(24,25)26)11-21(16)18(23)27-12-13-4-2-1-3-5-13/h1-5,14-16H,6-12,19H2,(H,24,25,26)/t15-,16-/m0/s1. The normalized spacial score (nSPS) is 23.6. The first-order valence-corrected chi connectivity index (χ1v) is 10.7. The average Bonchev–Trinajstić information content (AvgIpc) is 3.13. The summed E-state index contributed by atoms with van der Waals surface area (Å²) in [6, 6.07) is 8.08. The van der Waals surface area contributed by atoms with Crippen molar-refractivity contribution in [3.05, 3.63) is 35.9 Å². The maximum atomic E-state index is 12.9. The van der Waals surface area contributed by atoms with Crippen LogP contribution in [0.25, 0.3) is 0 Å². The summed E-state index contributed by atoms with van der Waals surface area (Å²) >= 11 is 0. The number of nitrogens with two attached hydrogens (primary N) is 1. The van der Waals surface area contributed by atoms with Gasteiger partial charge in [0.2, 0.25) is 5.91 Å². The molecular weight excluding hydrogens is 386 g/mol. The van der Waals surface area contributed by atoms with Gasteiger partial charge < -0.3 is 15.4 Å². The second kappa shape index (κ2) is 8.46. The van der Waals surface area contributed by atoms with E-state index in [-0.39, 0.29) is 31.5 Å². The summed E-state index contributed by atoms with van der Waals surface area (Å²) in [4.78, 5) is 28.2. The number of ether oxygens (including phenoxy) is 1. The molecule has 0 aromatic heterocycles. The predicted octanol–water partition coefficient (Wildman–Crippen LogP) is 0.604. The summed E-state index contributed by atoms with van der Waals surface area (Å²) in [6.45, 7) is 0.641. The predicted molar refractivity (Wildman–Crippen MR) is 101 cm³/mol. The quantitative estimate of drug-likeness (QED) is 0.694. The minimum Gasteiger partial charge on any atom is -0.445 e. The highest BCUT2D eigenvalue weighted by Crippen LogP contribution is 2.26. The highest BCUT2D eigenvalue weighted by molar-refractivity contribution is 7.86. The molecule has 9 nitrogen and oxygen atoms in total.